The van der Waals surface area contributed by atoms with E-state index < -0.39 is 0 Å². The summed E-state index contributed by atoms with van der Waals surface area (Å²) in [7, 11) is 0. The van der Waals surface area contributed by atoms with Crippen molar-refractivity contribution in [2.24, 2.45) is 0 Å². The van der Waals surface area contributed by atoms with E-state index in [2.05, 4.69) is 10.3 Å². The molecule has 0 aliphatic carbocycles. The van der Waals surface area contributed by atoms with Crippen molar-refractivity contribution in [1.82, 2.24) is 4.98 Å². The van der Waals surface area contributed by atoms with Crippen LogP contribution in [0.4, 0.5) is 5.82 Å². The van der Waals surface area contributed by atoms with E-state index in [1.54, 1.807) is 6.20 Å². The van der Waals surface area contributed by atoms with Crippen LogP contribution in [-0.4, -0.2) is 10.9 Å². The van der Waals surface area contributed by atoms with Gasteiger partial charge in [0.1, 0.15) is 5.82 Å². The minimum absolute atomic E-state index is 0.136. The molecule has 0 aliphatic rings. The van der Waals surface area contributed by atoms with Crippen molar-refractivity contribution in [2.45, 2.75) is 6.92 Å². The summed E-state index contributed by atoms with van der Waals surface area (Å²) in [4.78, 5) is 16.6. The van der Waals surface area contributed by atoms with E-state index in [-0.39, 0.29) is 5.91 Å². The number of aryl methyl sites for hydroxylation is 1. The molecule has 0 fully saturated rings. The number of pyridine rings is 1. The van der Waals surface area contributed by atoms with Gasteiger partial charge < -0.3 is 5.32 Å². The Bertz CT molecular complexity index is 775. The molecule has 0 atom stereocenters. The number of hydrogen-bond acceptors (Lipinski definition) is 2. The van der Waals surface area contributed by atoms with Crippen molar-refractivity contribution < 1.29 is 4.79 Å². The van der Waals surface area contributed by atoms with Gasteiger partial charge in [0.25, 0.3) is 5.91 Å². The molecule has 0 saturated carbocycles. The second kappa shape index (κ2) is 5.13. The van der Waals surface area contributed by atoms with E-state index in [0.717, 1.165) is 16.3 Å². The molecule has 20 heavy (non-hydrogen) atoms. The lowest BCUT2D eigenvalue weighted by atomic mass is 10.0. The predicted molar refractivity (Wildman–Crippen MR) is 80.9 cm³/mol. The smallest absolute Gasteiger partial charge is 0.257 e. The Kier molecular flexibility index (Phi) is 3.17. The number of hydrogen-bond donors (Lipinski definition) is 1. The Labute approximate surface area is 117 Å². The first kappa shape index (κ1) is 12.4. The van der Waals surface area contributed by atoms with Crippen LogP contribution in [0.1, 0.15) is 15.9 Å². The molecule has 0 spiro atoms. The van der Waals surface area contributed by atoms with Gasteiger partial charge in [0.15, 0.2) is 0 Å². The fraction of sp³-hybridized carbons (Fsp3) is 0.0588. The number of nitrogens with zero attached hydrogens (tertiary/aromatic N) is 1. The third kappa shape index (κ3) is 2.26. The number of fused-ring (bicyclic) bond motifs is 1. The Morgan fingerprint density at radius 2 is 1.80 bits per heavy atom. The van der Waals surface area contributed by atoms with Crippen LogP contribution in [0, 0.1) is 6.92 Å². The normalized spacial score (nSPS) is 10.4. The fourth-order valence-electron chi connectivity index (χ4n) is 2.21. The van der Waals surface area contributed by atoms with E-state index in [1.165, 1.54) is 0 Å². The molecular formula is C17H14N2O. The SMILES string of the molecule is Cc1cccnc1NC(=O)c1cccc2ccccc12. The second-order valence-electron chi connectivity index (χ2n) is 4.65. The molecule has 3 rings (SSSR count). The number of aromatic nitrogens is 1. The van der Waals surface area contributed by atoms with E-state index in [4.69, 9.17) is 0 Å². The van der Waals surface area contributed by atoms with Crippen molar-refractivity contribution in [3.63, 3.8) is 0 Å². The molecule has 0 saturated heterocycles. The van der Waals surface area contributed by atoms with Gasteiger partial charge in [-0.2, -0.15) is 0 Å². The maximum atomic E-state index is 12.4. The maximum Gasteiger partial charge on any atom is 0.257 e. The lowest BCUT2D eigenvalue weighted by Gasteiger charge is -2.09. The molecule has 98 valence electrons. The summed E-state index contributed by atoms with van der Waals surface area (Å²) in [5.74, 6) is 0.467. The van der Waals surface area contributed by atoms with Crippen LogP contribution in [-0.2, 0) is 0 Å². The number of rotatable bonds is 2. The third-order valence-corrected chi connectivity index (χ3v) is 3.28. The standard InChI is InChI=1S/C17H14N2O/c1-12-6-5-11-18-16(12)19-17(20)15-10-4-8-13-7-2-3-9-14(13)15/h2-11H,1H3,(H,18,19,20). The minimum Gasteiger partial charge on any atom is -0.306 e. The molecule has 3 heteroatoms. The molecule has 2 aromatic carbocycles. The third-order valence-electron chi connectivity index (χ3n) is 3.28. The summed E-state index contributed by atoms with van der Waals surface area (Å²) >= 11 is 0. The van der Waals surface area contributed by atoms with Crippen molar-refractivity contribution in [3.8, 4) is 0 Å². The molecule has 3 aromatic rings. The highest BCUT2D eigenvalue weighted by atomic mass is 16.1. The van der Waals surface area contributed by atoms with Gasteiger partial charge in [0.05, 0.1) is 0 Å². The maximum absolute atomic E-state index is 12.4. The number of amides is 1. The summed E-state index contributed by atoms with van der Waals surface area (Å²) in [5, 5.41) is 4.87. The molecule has 1 N–H and O–H groups in total. The van der Waals surface area contributed by atoms with Gasteiger partial charge in [-0.15, -0.1) is 0 Å². The zero-order valence-corrected chi connectivity index (χ0v) is 11.1. The zero-order valence-electron chi connectivity index (χ0n) is 11.1. The van der Waals surface area contributed by atoms with E-state index in [9.17, 15) is 4.79 Å². The summed E-state index contributed by atoms with van der Waals surface area (Å²) in [5.41, 5.74) is 1.61. The van der Waals surface area contributed by atoms with Gasteiger partial charge >= 0.3 is 0 Å². The highest BCUT2D eigenvalue weighted by molar-refractivity contribution is 6.12. The van der Waals surface area contributed by atoms with Crippen LogP contribution in [0.3, 0.4) is 0 Å². The van der Waals surface area contributed by atoms with Crippen molar-refractivity contribution >= 4 is 22.5 Å². The van der Waals surface area contributed by atoms with Crippen molar-refractivity contribution in [3.05, 3.63) is 71.9 Å². The Morgan fingerprint density at radius 1 is 1.00 bits per heavy atom. The minimum atomic E-state index is -0.136. The molecule has 1 heterocycles. The molecule has 1 amide bonds. The van der Waals surface area contributed by atoms with Crippen LogP contribution >= 0.6 is 0 Å². The Balaban J connectivity index is 1.99. The lowest BCUT2D eigenvalue weighted by Crippen LogP contribution is -2.14. The van der Waals surface area contributed by atoms with E-state index in [1.807, 2.05) is 61.5 Å². The molecule has 0 unspecified atom stereocenters. The largest absolute Gasteiger partial charge is 0.306 e. The van der Waals surface area contributed by atoms with Crippen LogP contribution in [0.25, 0.3) is 10.8 Å². The average Bonchev–Trinajstić information content (AvgIpc) is 2.49. The van der Waals surface area contributed by atoms with Gasteiger partial charge in [-0.1, -0.05) is 42.5 Å². The number of carbonyl (C=O) groups is 1. The molecule has 0 bridgehead atoms. The number of carbonyl (C=O) groups excluding carboxylic acids is 1. The topological polar surface area (TPSA) is 42.0 Å². The van der Waals surface area contributed by atoms with Crippen molar-refractivity contribution in [1.29, 1.82) is 0 Å². The van der Waals surface area contributed by atoms with E-state index >= 15 is 0 Å². The van der Waals surface area contributed by atoms with Crippen LogP contribution < -0.4 is 5.32 Å². The Morgan fingerprint density at radius 3 is 2.65 bits per heavy atom. The van der Waals surface area contributed by atoms with Crippen LogP contribution in [0.15, 0.2) is 60.8 Å². The molecule has 0 aliphatic heterocycles. The summed E-state index contributed by atoms with van der Waals surface area (Å²) in [6.07, 6.45) is 1.67. The number of benzene rings is 2. The van der Waals surface area contributed by atoms with Gasteiger partial charge in [0.2, 0.25) is 0 Å². The fourth-order valence-corrected chi connectivity index (χ4v) is 2.21. The van der Waals surface area contributed by atoms with E-state index in [0.29, 0.717) is 11.4 Å². The monoisotopic (exact) mass is 262 g/mol. The molecule has 3 nitrogen and oxygen atoms in total. The van der Waals surface area contributed by atoms with Gasteiger partial charge in [-0.25, -0.2) is 4.98 Å². The first-order valence-electron chi connectivity index (χ1n) is 6.46. The highest BCUT2D eigenvalue weighted by Gasteiger charge is 2.11. The summed E-state index contributed by atoms with van der Waals surface area (Å²) < 4.78 is 0. The predicted octanol–water partition coefficient (Wildman–Crippen LogP) is 3.80. The first-order valence-corrected chi connectivity index (χ1v) is 6.46. The zero-order chi connectivity index (χ0) is 13.9. The second-order valence-corrected chi connectivity index (χ2v) is 4.65. The van der Waals surface area contributed by atoms with Gasteiger partial charge in [-0.05, 0) is 35.4 Å². The van der Waals surface area contributed by atoms with Gasteiger partial charge in [0, 0.05) is 11.8 Å². The van der Waals surface area contributed by atoms with Crippen LogP contribution in [0.5, 0.6) is 0 Å². The first-order chi connectivity index (χ1) is 9.75. The van der Waals surface area contributed by atoms with Crippen LogP contribution in [0.2, 0.25) is 0 Å². The lowest BCUT2D eigenvalue weighted by molar-refractivity contribution is 0.102. The summed E-state index contributed by atoms with van der Waals surface area (Å²) in [6, 6.07) is 17.3. The van der Waals surface area contributed by atoms with Gasteiger partial charge in [-0.3, -0.25) is 4.79 Å². The molecule has 1 aromatic heterocycles. The number of anilines is 1. The number of nitrogens with one attached hydrogen (secondary N) is 1. The average molecular weight is 262 g/mol. The summed E-state index contributed by atoms with van der Waals surface area (Å²) in [6.45, 7) is 1.92. The quantitative estimate of drug-likeness (QED) is 0.763. The van der Waals surface area contributed by atoms with Crippen molar-refractivity contribution in [2.75, 3.05) is 5.32 Å². The highest BCUT2D eigenvalue weighted by Crippen LogP contribution is 2.20. The Hall–Kier alpha value is -2.68. The molecule has 0 radical (unpaired) electrons. The molecular weight excluding hydrogens is 248 g/mol.